The fourth-order valence-electron chi connectivity index (χ4n) is 2.42. The van der Waals surface area contributed by atoms with Crippen LogP contribution < -0.4 is 4.90 Å². The molecule has 0 saturated heterocycles. The number of nitrogens with zero attached hydrogens (tertiary/aromatic N) is 1. The van der Waals surface area contributed by atoms with Crippen LogP contribution in [0.1, 0.15) is 27.1 Å². The van der Waals surface area contributed by atoms with Crippen molar-refractivity contribution >= 4 is 29.0 Å². The maximum Gasteiger partial charge on any atom is 0.258 e. The van der Waals surface area contributed by atoms with Crippen molar-refractivity contribution in [1.29, 1.82) is 0 Å². The molecule has 0 aliphatic carbocycles. The predicted octanol–water partition coefficient (Wildman–Crippen LogP) is 3.28. The van der Waals surface area contributed by atoms with Gasteiger partial charge in [-0.1, -0.05) is 23.7 Å². The number of aromatic hydroxyl groups is 1. The largest absolute Gasteiger partial charge is 0.506 e. The van der Waals surface area contributed by atoms with Crippen molar-refractivity contribution < 1.29 is 14.7 Å². The quantitative estimate of drug-likeness (QED) is 0.879. The van der Waals surface area contributed by atoms with Crippen LogP contribution in [0.2, 0.25) is 5.02 Å². The van der Waals surface area contributed by atoms with Gasteiger partial charge in [0.15, 0.2) is 5.78 Å². The molecule has 5 heteroatoms. The first-order chi connectivity index (χ1) is 10.1. The summed E-state index contributed by atoms with van der Waals surface area (Å²) < 4.78 is 0. The van der Waals surface area contributed by atoms with Crippen LogP contribution in [0.3, 0.4) is 0 Å². The molecule has 21 heavy (non-hydrogen) atoms. The third kappa shape index (κ3) is 2.38. The molecule has 0 unspecified atom stereocenters. The highest BCUT2D eigenvalue weighted by molar-refractivity contribution is 6.32. The highest BCUT2D eigenvalue weighted by Crippen LogP contribution is 2.30. The molecule has 0 aromatic heterocycles. The number of amides is 1. The second-order valence-corrected chi connectivity index (χ2v) is 5.22. The molecule has 0 radical (unpaired) electrons. The summed E-state index contributed by atoms with van der Waals surface area (Å²) in [6.07, 6.45) is 0.300. The summed E-state index contributed by atoms with van der Waals surface area (Å²) in [5.41, 5.74) is 1.55. The van der Waals surface area contributed by atoms with Gasteiger partial charge in [0.25, 0.3) is 5.91 Å². The van der Waals surface area contributed by atoms with Gasteiger partial charge in [-0.05, 0) is 30.3 Å². The van der Waals surface area contributed by atoms with E-state index in [2.05, 4.69) is 0 Å². The normalized spacial score (nSPS) is 14.0. The van der Waals surface area contributed by atoms with Gasteiger partial charge in [0.05, 0.1) is 10.7 Å². The van der Waals surface area contributed by atoms with E-state index in [9.17, 15) is 14.7 Å². The molecule has 1 amide bonds. The summed E-state index contributed by atoms with van der Waals surface area (Å²) in [5.74, 6) is -0.266. The van der Waals surface area contributed by atoms with E-state index in [0.29, 0.717) is 29.8 Å². The molecule has 4 nitrogen and oxygen atoms in total. The molecule has 1 N–H and O–H groups in total. The van der Waals surface area contributed by atoms with Crippen molar-refractivity contribution in [2.75, 3.05) is 11.4 Å². The summed E-state index contributed by atoms with van der Waals surface area (Å²) >= 11 is 5.85. The Hall–Kier alpha value is -2.33. The lowest BCUT2D eigenvalue weighted by Gasteiger charge is -2.28. The minimum absolute atomic E-state index is 0.0402. The molecule has 0 saturated carbocycles. The second-order valence-electron chi connectivity index (χ2n) is 4.81. The molecule has 0 spiro atoms. The fourth-order valence-corrected chi connectivity index (χ4v) is 2.60. The number of rotatable bonds is 1. The van der Waals surface area contributed by atoms with Crippen molar-refractivity contribution in [3.05, 3.63) is 58.6 Å². The average molecular weight is 302 g/mol. The summed E-state index contributed by atoms with van der Waals surface area (Å²) in [4.78, 5) is 26.1. The molecule has 1 aliphatic heterocycles. The lowest BCUT2D eigenvalue weighted by atomic mass is 9.99. The first-order valence-electron chi connectivity index (χ1n) is 6.50. The van der Waals surface area contributed by atoms with E-state index in [1.165, 1.54) is 18.2 Å². The van der Waals surface area contributed by atoms with Crippen molar-refractivity contribution in [3.63, 3.8) is 0 Å². The maximum absolute atomic E-state index is 12.6. The molecule has 1 aliphatic rings. The number of para-hydroxylation sites is 1. The number of hydrogen-bond donors (Lipinski definition) is 1. The fraction of sp³-hybridized carbons (Fsp3) is 0.125. The molecule has 0 fully saturated rings. The van der Waals surface area contributed by atoms with E-state index in [-0.39, 0.29) is 22.5 Å². The zero-order chi connectivity index (χ0) is 15.0. The van der Waals surface area contributed by atoms with Crippen LogP contribution in [0.4, 0.5) is 5.69 Å². The van der Waals surface area contributed by atoms with E-state index in [0.717, 1.165) is 0 Å². The van der Waals surface area contributed by atoms with Crippen molar-refractivity contribution in [3.8, 4) is 5.75 Å². The Kier molecular flexibility index (Phi) is 3.39. The standard InChI is InChI=1S/C16H12ClNO3/c17-12-9-10(5-6-15(12)20)16(21)18-8-7-14(19)11-3-1-2-4-13(11)18/h1-6,9,20H,7-8H2. The predicted molar refractivity (Wildman–Crippen MR) is 80.2 cm³/mol. The molecule has 3 rings (SSSR count). The van der Waals surface area contributed by atoms with Gasteiger partial charge in [-0.2, -0.15) is 0 Å². The van der Waals surface area contributed by atoms with Gasteiger partial charge in [0, 0.05) is 24.1 Å². The van der Waals surface area contributed by atoms with Gasteiger partial charge in [0.1, 0.15) is 5.75 Å². The molecular formula is C16H12ClNO3. The summed E-state index contributed by atoms with van der Waals surface area (Å²) in [6.45, 7) is 0.340. The molecule has 2 aromatic carbocycles. The Morgan fingerprint density at radius 3 is 2.71 bits per heavy atom. The Bertz CT molecular complexity index is 742. The van der Waals surface area contributed by atoms with Gasteiger partial charge in [-0.15, -0.1) is 0 Å². The molecule has 0 atom stereocenters. The summed E-state index contributed by atoms with van der Waals surface area (Å²) in [5, 5.41) is 9.55. The highest BCUT2D eigenvalue weighted by atomic mass is 35.5. The van der Waals surface area contributed by atoms with E-state index in [1.54, 1.807) is 29.2 Å². The number of halogens is 1. The Balaban J connectivity index is 2.01. The topological polar surface area (TPSA) is 57.6 Å². The van der Waals surface area contributed by atoms with E-state index < -0.39 is 0 Å². The summed E-state index contributed by atoms with van der Waals surface area (Å²) in [6, 6.07) is 11.4. The SMILES string of the molecule is O=C1CCN(C(=O)c2ccc(O)c(Cl)c2)c2ccccc21. The highest BCUT2D eigenvalue weighted by Gasteiger charge is 2.27. The molecule has 2 aromatic rings. The van der Waals surface area contributed by atoms with E-state index >= 15 is 0 Å². The first-order valence-corrected chi connectivity index (χ1v) is 6.88. The van der Waals surface area contributed by atoms with E-state index in [1.807, 2.05) is 0 Å². The van der Waals surface area contributed by atoms with Crippen molar-refractivity contribution in [2.45, 2.75) is 6.42 Å². The summed E-state index contributed by atoms with van der Waals surface area (Å²) in [7, 11) is 0. The number of phenolic OH excluding ortho intramolecular Hbond substituents is 1. The van der Waals surface area contributed by atoms with Crippen LogP contribution in [-0.2, 0) is 0 Å². The third-order valence-electron chi connectivity index (χ3n) is 3.50. The molecule has 106 valence electrons. The lowest BCUT2D eigenvalue weighted by Crippen LogP contribution is -2.37. The number of ketones is 1. The maximum atomic E-state index is 12.6. The number of fused-ring (bicyclic) bond motifs is 1. The van der Waals surface area contributed by atoms with Gasteiger partial charge in [0.2, 0.25) is 0 Å². The Morgan fingerprint density at radius 2 is 1.95 bits per heavy atom. The van der Waals surface area contributed by atoms with Crippen LogP contribution in [0.25, 0.3) is 0 Å². The molecule has 1 heterocycles. The Morgan fingerprint density at radius 1 is 1.19 bits per heavy atom. The van der Waals surface area contributed by atoms with Gasteiger partial charge < -0.3 is 10.0 Å². The number of benzene rings is 2. The smallest absolute Gasteiger partial charge is 0.258 e. The number of carbonyl (C=O) groups is 2. The number of hydrogen-bond acceptors (Lipinski definition) is 3. The number of anilines is 1. The van der Waals surface area contributed by atoms with Crippen molar-refractivity contribution in [1.82, 2.24) is 0 Å². The van der Waals surface area contributed by atoms with Gasteiger partial charge in [-0.25, -0.2) is 0 Å². The number of Topliss-reactive ketones (excluding diaryl/α,β-unsaturated/α-hetero) is 1. The van der Waals surface area contributed by atoms with Crippen molar-refractivity contribution in [2.24, 2.45) is 0 Å². The second kappa shape index (κ2) is 5.22. The van der Waals surface area contributed by atoms with Crippen LogP contribution in [0.5, 0.6) is 5.75 Å². The molecule has 0 bridgehead atoms. The van der Waals surface area contributed by atoms with Crippen LogP contribution in [-0.4, -0.2) is 23.3 Å². The van der Waals surface area contributed by atoms with Crippen LogP contribution >= 0.6 is 11.6 Å². The number of carbonyl (C=O) groups excluding carboxylic acids is 2. The Labute approximate surface area is 126 Å². The molecular weight excluding hydrogens is 290 g/mol. The van der Waals surface area contributed by atoms with Crippen LogP contribution in [0.15, 0.2) is 42.5 Å². The average Bonchev–Trinajstić information content (AvgIpc) is 2.50. The third-order valence-corrected chi connectivity index (χ3v) is 3.80. The number of phenols is 1. The first kappa shape index (κ1) is 13.6. The zero-order valence-electron chi connectivity index (χ0n) is 11.0. The van der Waals surface area contributed by atoms with Crippen LogP contribution in [0, 0.1) is 0 Å². The van der Waals surface area contributed by atoms with Gasteiger partial charge >= 0.3 is 0 Å². The van der Waals surface area contributed by atoms with E-state index in [4.69, 9.17) is 11.6 Å². The lowest BCUT2D eigenvalue weighted by molar-refractivity contribution is 0.0955. The van der Waals surface area contributed by atoms with Gasteiger partial charge in [-0.3, -0.25) is 9.59 Å². The zero-order valence-corrected chi connectivity index (χ0v) is 11.8. The monoisotopic (exact) mass is 301 g/mol. The minimum Gasteiger partial charge on any atom is -0.506 e. The minimum atomic E-state index is -0.239.